The van der Waals surface area contributed by atoms with Crippen LogP contribution in [0.15, 0.2) is 84.9 Å². The SMILES string of the molecule is N[C@@H](CC(=O)N[C@H](Cc1ccccc1)C(=O)NCc1ccccc1)Cc1ccccc1F. The summed E-state index contributed by atoms with van der Waals surface area (Å²) < 4.78 is 13.9. The van der Waals surface area contributed by atoms with E-state index in [1.165, 1.54) is 6.07 Å². The minimum absolute atomic E-state index is 0.00834. The number of amides is 2. The van der Waals surface area contributed by atoms with Crippen LogP contribution in [0.4, 0.5) is 4.39 Å². The van der Waals surface area contributed by atoms with Gasteiger partial charge in [-0.15, -0.1) is 0 Å². The van der Waals surface area contributed by atoms with Gasteiger partial charge in [-0.05, 0) is 29.2 Å². The molecule has 0 aliphatic heterocycles. The molecule has 0 aliphatic rings. The number of carbonyl (C=O) groups is 2. The first-order valence-electron chi connectivity index (χ1n) is 10.6. The van der Waals surface area contributed by atoms with Crippen molar-refractivity contribution < 1.29 is 14.0 Å². The molecule has 0 saturated carbocycles. The first-order chi connectivity index (χ1) is 15.5. The molecule has 5 nitrogen and oxygen atoms in total. The second-order valence-corrected chi connectivity index (χ2v) is 7.77. The molecule has 0 bridgehead atoms. The fourth-order valence-electron chi connectivity index (χ4n) is 3.48. The van der Waals surface area contributed by atoms with E-state index in [-0.39, 0.29) is 30.5 Å². The molecule has 0 fully saturated rings. The Balaban J connectivity index is 1.61. The minimum atomic E-state index is -0.741. The van der Waals surface area contributed by atoms with Crippen LogP contribution in [0.25, 0.3) is 0 Å². The van der Waals surface area contributed by atoms with Crippen LogP contribution < -0.4 is 16.4 Å². The Kier molecular flexibility index (Phi) is 8.52. The van der Waals surface area contributed by atoms with Gasteiger partial charge in [0.1, 0.15) is 11.9 Å². The summed E-state index contributed by atoms with van der Waals surface area (Å²) in [7, 11) is 0. The molecular weight excluding hydrogens is 405 g/mol. The van der Waals surface area contributed by atoms with Gasteiger partial charge in [0.2, 0.25) is 11.8 Å². The number of hydrogen-bond acceptors (Lipinski definition) is 3. The summed E-state index contributed by atoms with van der Waals surface area (Å²) in [5.74, 6) is -0.955. The van der Waals surface area contributed by atoms with E-state index >= 15 is 0 Å². The third-order valence-electron chi connectivity index (χ3n) is 5.13. The molecule has 4 N–H and O–H groups in total. The molecule has 166 valence electrons. The molecule has 0 saturated heterocycles. The summed E-state index contributed by atoms with van der Waals surface area (Å²) in [5, 5.41) is 5.70. The Bertz CT molecular complexity index is 1010. The predicted octanol–water partition coefficient (Wildman–Crippen LogP) is 3.13. The lowest BCUT2D eigenvalue weighted by Crippen LogP contribution is -2.49. The van der Waals surface area contributed by atoms with Crippen molar-refractivity contribution in [1.29, 1.82) is 0 Å². The van der Waals surface area contributed by atoms with Gasteiger partial charge in [0.15, 0.2) is 0 Å². The highest BCUT2D eigenvalue weighted by Gasteiger charge is 2.22. The normalized spacial score (nSPS) is 12.6. The highest BCUT2D eigenvalue weighted by Crippen LogP contribution is 2.10. The second kappa shape index (κ2) is 11.8. The second-order valence-electron chi connectivity index (χ2n) is 7.77. The minimum Gasteiger partial charge on any atom is -0.350 e. The van der Waals surface area contributed by atoms with Crippen molar-refractivity contribution in [2.45, 2.75) is 37.9 Å². The van der Waals surface area contributed by atoms with Crippen molar-refractivity contribution in [3.63, 3.8) is 0 Å². The largest absolute Gasteiger partial charge is 0.350 e. The Morgan fingerprint density at radius 1 is 0.812 bits per heavy atom. The summed E-state index contributed by atoms with van der Waals surface area (Å²) >= 11 is 0. The van der Waals surface area contributed by atoms with Crippen LogP contribution in [0.2, 0.25) is 0 Å². The van der Waals surface area contributed by atoms with Gasteiger partial charge in [0.05, 0.1) is 0 Å². The van der Waals surface area contributed by atoms with E-state index in [2.05, 4.69) is 10.6 Å². The van der Waals surface area contributed by atoms with Crippen LogP contribution >= 0.6 is 0 Å². The van der Waals surface area contributed by atoms with Gasteiger partial charge in [-0.1, -0.05) is 78.9 Å². The van der Waals surface area contributed by atoms with Crippen molar-refractivity contribution in [3.8, 4) is 0 Å². The van der Waals surface area contributed by atoms with Gasteiger partial charge < -0.3 is 16.4 Å². The Morgan fingerprint density at radius 3 is 2.06 bits per heavy atom. The smallest absolute Gasteiger partial charge is 0.243 e. The van der Waals surface area contributed by atoms with E-state index in [0.29, 0.717) is 18.5 Å². The molecule has 0 aromatic heterocycles. The van der Waals surface area contributed by atoms with Crippen molar-refractivity contribution in [1.82, 2.24) is 10.6 Å². The third kappa shape index (κ3) is 7.32. The highest BCUT2D eigenvalue weighted by molar-refractivity contribution is 5.88. The fraction of sp³-hybridized carbons (Fsp3) is 0.231. The van der Waals surface area contributed by atoms with Crippen molar-refractivity contribution in [2.24, 2.45) is 5.73 Å². The molecular formula is C26H28FN3O2. The quantitative estimate of drug-likeness (QED) is 0.459. The summed E-state index contributed by atoms with van der Waals surface area (Å²) in [6, 6.07) is 24.1. The van der Waals surface area contributed by atoms with Crippen LogP contribution in [-0.4, -0.2) is 23.9 Å². The Labute approximate surface area is 187 Å². The molecule has 0 spiro atoms. The van der Waals surface area contributed by atoms with Gasteiger partial charge in [-0.25, -0.2) is 4.39 Å². The first-order valence-corrected chi connectivity index (χ1v) is 10.6. The van der Waals surface area contributed by atoms with E-state index in [4.69, 9.17) is 5.73 Å². The molecule has 0 radical (unpaired) electrons. The number of halogens is 1. The monoisotopic (exact) mass is 433 g/mol. The standard InChI is InChI=1S/C26H28FN3O2/c27-23-14-8-7-13-21(23)16-22(28)17-25(31)30-24(15-19-9-3-1-4-10-19)26(32)29-18-20-11-5-2-6-12-20/h1-14,22,24H,15-18,28H2,(H,29,32)(H,30,31)/t22-,24-/m1/s1. The lowest BCUT2D eigenvalue weighted by Gasteiger charge is -2.20. The number of carbonyl (C=O) groups excluding carboxylic acids is 2. The Hall–Kier alpha value is -3.51. The predicted molar refractivity (Wildman–Crippen MR) is 123 cm³/mol. The molecule has 2 amide bonds. The van der Waals surface area contributed by atoms with Crippen LogP contribution in [0.5, 0.6) is 0 Å². The van der Waals surface area contributed by atoms with Crippen LogP contribution in [0.3, 0.4) is 0 Å². The van der Waals surface area contributed by atoms with Crippen LogP contribution in [0.1, 0.15) is 23.1 Å². The highest BCUT2D eigenvalue weighted by atomic mass is 19.1. The van der Waals surface area contributed by atoms with Crippen molar-refractivity contribution in [3.05, 3.63) is 107 Å². The average Bonchev–Trinajstić information content (AvgIpc) is 2.80. The maximum absolute atomic E-state index is 13.9. The topological polar surface area (TPSA) is 84.2 Å². The summed E-state index contributed by atoms with van der Waals surface area (Å²) in [5.41, 5.74) is 8.46. The van der Waals surface area contributed by atoms with E-state index in [1.807, 2.05) is 60.7 Å². The number of hydrogen-bond donors (Lipinski definition) is 3. The van der Waals surface area contributed by atoms with Gasteiger partial charge in [-0.3, -0.25) is 9.59 Å². The summed E-state index contributed by atoms with van der Waals surface area (Å²) in [6.45, 7) is 0.369. The molecule has 32 heavy (non-hydrogen) atoms. The van der Waals surface area contributed by atoms with Crippen LogP contribution in [0, 0.1) is 5.82 Å². The molecule has 6 heteroatoms. The summed E-state index contributed by atoms with van der Waals surface area (Å²) in [6.07, 6.45) is 0.588. The lowest BCUT2D eigenvalue weighted by atomic mass is 10.0. The number of nitrogens with two attached hydrogens (primary N) is 1. The maximum atomic E-state index is 13.9. The number of rotatable bonds is 10. The van der Waals surface area contributed by atoms with E-state index < -0.39 is 12.1 Å². The van der Waals surface area contributed by atoms with Crippen molar-refractivity contribution >= 4 is 11.8 Å². The molecule has 2 atom stereocenters. The fourth-order valence-corrected chi connectivity index (χ4v) is 3.48. The zero-order valence-corrected chi connectivity index (χ0v) is 17.8. The van der Waals surface area contributed by atoms with Gasteiger partial charge >= 0.3 is 0 Å². The first kappa shape index (κ1) is 23.2. The molecule has 0 unspecified atom stereocenters. The Morgan fingerprint density at radius 2 is 1.41 bits per heavy atom. The number of benzene rings is 3. The summed E-state index contributed by atoms with van der Waals surface area (Å²) in [4.78, 5) is 25.5. The molecule has 3 rings (SSSR count). The van der Waals surface area contributed by atoms with Gasteiger partial charge in [-0.2, -0.15) is 0 Å². The number of nitrogens with one attached hydrogen (secondary N) is 2. The molecule has 3 aromatic carbocycles. The van der Waals surface area contributed by atoms with E-state index in [1.54, 1.807) is 18.2 Å². The van der Waals surface area contributed by atoms with Crippen LogP contribution in [-0.2, 0) is 29.0 Å². The van der Waals surface area contributed by atoms with Gasteiger partial charge in [0.25, 0.3) is 0 Å². The maximum Gasteiger partial charge on any atom is 0.243 e. The zero-order valence-electron chi connectivity index (χ0n) is 17.8. The average molecular weight is 434 g/mol. The van der Waals surface area contributed by atoms with E-state index in [0.717, 1.165) is 11.1 Å². The molecule has 0 heterocycles. The van der Waals surface area contributed by atoms with Crippen molar-refractivity contribution in [2.75, 3.05) is 0 Å². The lowest BCUT2D eigenvalue weighted by molar-refractivity contribution is -0.129. The molecule has 3 aromatic rings. The molecule has 0 aliphatic carbocycles. The van der Waals surface area contributed by atoms with E-state index in [9.17, 15) is 14.0 Å². The zero-order chi connectivity index (χ0) is 22.8. The third-order valence-corrected chi connectivity index (χ3v) is 5.13. The van der Waals surface area contributed by atoms with Gasteiger partial charge in [0, 0.05) is 25.4 Å².